The zero-order valence-electron chi connectivity index (χ0n) is 17.3. The quantitative estimate of drug-likeness (QED) is 0.406. The summed E-state index contributed by atoms with van der Waals surface area (Å²) in [6, 6.07) is 11.4. The summed E-state index contributed by atoms with van der Waals surface area (Å²) in [6.07, 6.45) is 1.72. The zero-order valence-corrected chi connectivity index (χ0v) is 18.8. The number of pyridine rings is 1. The number of carbonyl (C=O) groups is 1. The molecule has 1 amide bonds. The molecule has 0 N–H and O–H groups in total. The van der Waals surface area contributed by atoms with E-state index in [1.165, 1.54) is 11.3 Å². The molecule has 4 aromatic rings. The van der Waals surface area contributed by atoms with Gasteiger partial charge in [0.1, 0.15) is 0 Å². The minimum atomic E-state index is -0.203. The van der Waals surface area contributed by atoms with Crippen LogP contribution in [-0.2, 0) is 6.54 Å². The molecule has 154 valence electrons. The Bertz CT molecular complexity index is 1220. The van der Waals surface area contributed by atoms with Crippen molar-refractivity contribution in [1.82, 2.24) is 19.7 Å². The highest BCUT2D eigenvalue weighted by Crippen LogP contribution is 2.34. The number of carbonyl (C=O) groups excluding carboxylic acids is 1. The van der Waals surface area contributed by atoms with Crippen molar-refractivity contribution in [2.24, 2.45) is 0 Å². The highest BCUT2D eigenvalue weighted by atomic mass is 35.5. The molecule has 0 spiro atoms. The van der Waals surface area contributed by atoms with Crippen LogP contribution in [-0.4, -0.2) is 25.7 Å². The summed E-state index contributed by atoms with van der Waals surface area (Å²) in [5.74, 6) is -0.203. The van der Waals surface area contributed by atoms with Crippen molar-refractivity contribution in [1.29, 1.82) is 0 Å². The summed E-state index contributed by atoms with van der Waals surface area (Å²) >= 11 is 7.74. The van der Waals surface area contributed by atoms with Gasteiger partial charge in [0.15, 0.2) is 10.8 Å². The minimum Gasteiger partial charge on any atom is -0.276 e. The second-order valence-electron chi connectivity index (χ2n) is 7.44. The van der Waals surface area contributed by atoms with Gasteiger partial charge in [-0.3, -0.25) is 19.4 Å². The molecular formula is C22H22ClN5OS. The van der Waals surface area contributed by atoms with E-state index in [4.69, 9.17) is 16.6 Å². The molecule has 3 heterocycles. The fourth-order valence-electron chi connectivity index (χ4n) is 3.34. The van der Waals surface area contributed by atoms with Crippen molar-refractivity contribution >= 4 is 44.2 Å². The lowest BCUT2D eigenvalue weighted by molar-refractivity contribution is 0.0979. The van der Waals surface area contributed by atoms with Crippen molar-refractivity contribution in [3.05, 3.63) is 70.3 Å². The van der Waals surface area contributed by atoms with Crippen LogP contribution < -0.4 is 4.90 Å². The van der Waals surface area contributed by atoms with E-state index in [9.17, 15) is 4.79 Å². The maximum absolute atomic E-state index is 13.5. The molecule has 6 nitrogen and oxygen atoms in total. The third-order valence-electron chi connectivity index (χ3n) is 4.89. The van der Waals surface area contributed by atoms with E-state index in [2.05, 4.69) is 10.1 Å². The van der Waals surface area contributed by atoms with E-state index in [1.807, 2.05) is 68.8 Å². The third kappa shape index (κ3) is 3.82. The molecule has 0 saturated carbocycles. The van der Waals surface area contributed by atoms with Crippen molar-refractivity contribution in [3.63, 3.8) is 0 Å². The van der Waals surface area contributed by atoms with Gasteiger partial charge >= 0.3 is 0 Å². The van der Waals surface area contributed by atoms with Crippen molar-refractivity contribution in [2.45, 2.75) is 40.3 Å². The first-order chi connectivity index (χ1) is 14.3. The SMILES string of the molecule is Cc1c(Cl)ccc2sc(N(Cc3ccccn3)C(=O)c3cc(C)n(C(C)C)n3)nc12. The highest BCUT2D eigenvalue weighted by molar-refractivity contribution is 7.22. The molecule has 0 radical (unpaired) electrons. The summed E-state index contributed by atoms with van der Waals surface area (Å²) in [7, 11) is 0. The first-order valence-corrected chi connectivity index (χ1v) is 10.9. The van der Waals surface area contributed by atoms with Crippen molar-refractivity contribution < 1.29 is 4.79 Å². The maximum atomic E-state index is 13.5. The number of amides is 1. The minimum absolute atomic E-state index is 0.169. The second-order valence-corrected chi connectivity index (χ2v) is 8.85. The predicted octanol–water partition coefficient (Wildman–Crippen LogP) is 5.59. The Balaban J connectivity index is 1.79. The molecule has 8 heteroatoms. The van der Waals surface area contributed by atoms with Gasteiger partial charge in [0.05, 0.1) is 22.5 Å². The number of aromatic nitrogens is 4. The molecule has 0 aliphatic carbocycles. The molecule has 0 unspecified atom stereocenters. The fraction of sp³-hybridized carbons (Fsp3) is 0.273. The summed E-state index contributed by atoms with van der Waals surface area (Å²) in [5.41, 5.74) is 3.83. The van der Waals surface area contributed by atoms with E-state index >= 15 is 0 Å². The van der Waals surface area contributed by atoms with Crippen LogP contribution in [0.1, 0.15) is 47.3 Å². The number of thiazole rings is 1. The Morgan fingerprint density at radius 2 is 2.03 bits per heavy atom. The molecule has 0 fully saturated rings. The van der Waals surface area contributed by atoms with Crippen LogP contribution in [0.15, 0.2) is 42.6 Å². The first-order valence-electron chi connectivity index (χ1n) is 9.68. The number of aryl methyl sites for hydroxylation is 2. The Hall–Kier alpha value is -2.77. The average Bonchev–Trinajstić information content (AvgIpc) is 3.33. The van der Waals surface area contributed by atoms with Crippen LogP contribution in [0, 0.1) is 13.8 Å². The first kappa shape index (κ1) is 20.5. The van der Waals surface area contributed by atoms with Crippen LogP contribution >= 0.6 is 22.9 Å². The molecule has 3 aromatic heterocycles. The molecule has 0 aliphatic rings. The van der Waals surface area contributed by atoms with Crippen molar-refractivity contribution in [3.8, 4) is 0 Å². The standard InChI is InChI=1S/C22H22ClN5OS/c1-13(2)28-14(3)11-18(26-28)21(29)27(12-16-7-5-6-10-24-16)22-25-20-15(4)17(23)8-9-19(20)30-22/h5-11,13H,12H2,1-4H3. The number of anilines is 1. The van der Waals surface area contributed by atoms with Crippen LogP contribution in [0.25, 0.3) is 10.2 Å². The number of rotatable bonds is 5. The second kappa shape index (κ2) is 8.16. The zero-order chi connectivity index (χ0) is 21.4. The number of benzene rings is 1. The van der Waals surface area contributed by atoms with E-state index in [0.29, 0.717) is 22.4 Å². The van der Waals surface area contributed by atoms with E-state index < -0.39 is 0 Å². The lowest BCUT2D eigenvalue weighted by Crippen LogP contribution is -2.31. The number of hydrogen-bond acceptors (Lipinski definition) is 5. The fourth-order valence-corrected chi connectivity index (χ4v) is 4.51. The normalized spacial score (nSPS) is 11.4. The van der Waals surface area contributed by atoms with Gasteiger partial charge in [0.2, 0.25) is 0 Å². The van der Waals surface area contributed by atoms with Crippen LogP contribution in [0.5, 0.6) is 0 Å². The molecule has 0 saturated heterocycles. The van der Waals surface area contributed by atoms with E-state index in [-0.39, 0.29) is 11.9 Å². The Kier molecular flexibility index (Phi) is 5.58. The van der Waals surface area contributed by atoms with Gasteiger partial charge in [-0.2, -0.15) is 5.10 Å². The highest BCUT2D eigenvalue weighted by Gasteiger charge is 2.25. The van der Waals surface area contributed by atoms with Gasteiger partial charge in [0.25, 0.3) is 5.91 Å². The molecule has 30 heavy (non-hydrogen) atoms. The monoisotopic (exact) mass is 439 g/mol. The average molecular weight is 440 g/mol. The Morgan fingerprint density at radius 1 is 1.23 bits per heavy atom. The van der Waals surface area contributed by atoms with Gasteiger partial charge in [-0.15, -0.1) is 0 Å². The molecular weight excluding hydrogens is 418 g/mol. The summed E-state index contributed by atoms with van der Waals surface area (Å²) in [4.78, 5) is 24.3. The number of halogens is 1. The third-order valence-corrected chi connectivity index (χ3v) is 6.34. The Labute approximate surface area is 184 Å². The topological polar surface area (TPSA) is 63.9 Å². The van der Waals surface area contributed by atoms with Gasteiger partial charge < -0.3 is 0 Å². The van der Waals surface area contributed by atoms with Gasteiger partial charge in [-0.05, 0) is 63.6 Å². The molecule has 1 aromatic carbocycles. The van der Waals surface area contributed by atoms with Gasteiger partial charge in [0, 0.05) is 23.0 Å². The maximum Gasteiger partial charge on any atom is 0.280 e. The smallest absolute Gasteiger partial charge is 0.276 e. The van der Waals surface area contributed by atoms with Crippen LogP contribution in [0.4, 0.5) is 5.13 Å². The number of nitrogens with zero attached hydrogens (tertiary/aromatic N) is 5. The summed E-state index contributed by atoms with van der Waals surface area (Å²) < 4.78 is 2.84. The largest absolute Gasteiger partial charge is 0.280 e. The van der Waals surface area contributed by atoms with Gasteiger partial charge in [-0.1, -0.05) is 29.0 Å². The van der Waals surface area contributed by atoms with Crippen molar-refractivity contribution in [2.75, 3.05) is 4.90 Å². The number of fused-ring (bicyclic) bond motifs is 1. The molecule has 4 rings (SSSR count). The Morgan fingerprint density at radius 3 is 2.70 bits per heavy atom. The lowest BCUT2D eigenvalue weighted by Gasteiger charge is -2.18. The number of hydrogen-bond donors (Lipinski definition) is 0. The van der Waals surface area contributed by atoms with Crippen LogP contribution in [0.3, 0.4) is 0 Å². The van der Waals surface area contributed by atoms with E-state index in [0.717, 1.165) is 27.2 Å². The molecule has 0 aliphatic heterocycles. The molecule has 0 bridgehead atoms. The van der Waals surface area contributed by atoms with Gasteiger partial charge in [-0.25, -0.2) is 4.98 Å². The van der Waals surface area contributed by atoms with E-state index in [1.54, 1.807) is 11.1 Å². The van der Waals surface area contributed by atoms with Crippen LogP contribution in [0.2, 0.25) is 5.02 Å². The predicted molar refractivity (Wildman–Crippen MR) is 121 cm³/mol. The molecule has 0 atom stereocenters. The summed E-state index contributed by atoms with van der Waals surface area (Å²) in [6.45, 7) is 8.28. The lowest BCUT2D eigenvalue weighted by atomic mass is 10.2. The summed E-state index contributed by atoms with van der Waals surface area (Å²) in [5, 5.41) is 5.80.